The van der Waals surface area contributed by atoms with E-state index in [0.717, 1.165) is 12.6 Å². The molecule has 0 aromatic carbocycles. The van der Waals surface area contributed by atoms with Crippen molar-refractivity contribution in [1.82, 2.24) is 4.98 Å². The second kappa shape index (κ2) is 4.06. The summed E-state index contributed by atoms with van der Waals surface area (Å²) in [5, 5.41) is 0. The number of carbonyl (C=O) groups excluding carboxylic acids is 1. The minimum atomic E-state index is -0.579. The highest BCUT2D eigenvalue weighted by Crippen LogP contribution is 2.24. The van der Waals surface area contributed by atoms with Crippen molar-refractivity contribution in [2.24, 2.45) is 5.92 Å². The lowest BCUT2D eigenvalue weighted by Gasteiger charge is -2.13. The smallest absolute Gasteiger partial charge is 0.194 e. The van der Waals surface area contributed by atoms with Crippen molar-refractivity contribution < 1.29 is 13.9 Å². The Bertz CT molecular complexity index is 381. The van der Waals surface area contributed by atoms with E-state index in [1.165, 1.54) is 12.3 Å². The Morgan fingerprint density at radius 3 is 3.07 bits per heavy atom. The third-order valence-electron chi connectivity index (χ3n) is 2.68. The van der Waals surface area contributed by atoms with Gasteiger partial charge in [0.15, 0.2) is 11.6 Å². The van der Waals surface area contributed by atoms with Gasteiger partial charge in [0.2, 0.25) is 0 Å². The Balaban J connectivity index is 2.24. The summed E-state index contributed by atoms with van der Waals surface area (Å²) in [4.78, 5) is 15.5. The molecule has 4 heteroatoms. The van der Waals surface area contributed by atoms with Crippen LogP contribution in [0.15, 0.2) is 18.5 Å². The highest BCUT2D eigenvalue weighted by molar-refractivity contribution is 5.99. The van der Waals surface area contributed by atoms with Crippen LogP contribution in [0.2, 0.25) is 0 Å². The van der Waals surface area contributed by atoms with E-state index in [1.54, 1.807) is 0 Å². The molecule has 2 atom stereocenters. The number of Topliss-reactive ketones (excluding diaryl/α,β-unsaturated/α-hetero) is 1. The van der Waals surface area contributed by atoms with E-state index in [-0.39, 0.29) is 17.3 Å². The van der Waals surface area contributed by atoms with Crippen LogP contribution in [0.5, 0.6) is 0 Å². The lowest BCUT2D eigenvalue weighted by molar-refractivity contribution is 0.0575. The van der Waals surface area contributed by atoms with Crippen LogP contribution in [-0.2, 0) is 4.74 Å². The van der Waals surface area contributed by atoms with Crippen molar-refractivity contribution in [3.8, 4) is 0 Å². The van der Waals surface area contributed by atoms with Gasteiger partial charge >= 0.3 is 0 Å². The van der Waals surface area contributed by atoms with Gasteiger partial charge in [-0.05, 0) is 18.4 Å². The number of ether oxygens (including phenoxy) is 1. The highest BCUT2D eigenvalue weighted by atomic mass is 19.1. The van der Waals surface area contributed by atoms with Crippen LogP contribution in [0, 0.1) is 11.7 Å². The number of carbonyl (C=O) groups is 1. The van der Waals surface area contributed by atoms with Gasteiger partial charge in [0.1, 0.15) is 6.10 Å². The molecule has 0 N–H and O–H groups in total. The SMILES string of the molecule is CC1CCOC1C(=O)c1ccncc1F. The number of hydrogen-bond donors (Lipinski definition) is 0. The fourth-order valence-electron chi connectivity index (χ4n) is 1.76. The first-order valence-corrected chi connectivity index (χ1v) is 4.95. The summed E-state index contributed by atoms with van der Waals surface area (Å²) in [5.74, 6) is -0.699. The second-order valence-corrected chi connectivity index (χ2v) is 3.78. The topological polar surface area (TPSA) is 39.2 Å². The van der Waals surface area contributed by atoms with Crippen LogP contribution in [-0.4, -0.2) is 23.5 Å². The predicted octanol–water partition coefficient (Wildman–Crippen LogP) is 1.83. The lowest BCUT2D eigenvalue weighted by atomic mass is 9.96. The molecule has 0 aliphatic carbocycles. The monoisotopic (exact) mass is 209 g/mol. The Labute approximate surface area is 87.3 Å². The zero-order chi connectivity index (χ0) is 10.8. The van der Waals surface area contributed by atoms with E-state index in [1.807, 2.05) is 6.92 Å². The molecule has 1 fully saturated rings. The van der Waals surface area contributed by atoms with Gasteiger partial charge in [-0.3, -0.25) is 9.78 Å². The van der Waals surface area contributed by atoms with Crippen LogP contribution >= 0.6 is 0 Å². The molecular formula is C11H12FNO2. The molecule has 0 amide bonds. The predicted molar refractivity (Wildman–Crippen MR) is 52.0 cm³/mol. The normalized spacial score (nSPS) is 25.5. The molecule has 1 aliphatic heterocycles. The number of ketones is 1. The lowest BCUT2D eigenvalue weighted by Crippen LogP contribution is -2.26. The highest BCUT2D eigenvalue weighted by Gasteiger charge is 2.32. The summed E-state index contributed by atoms with van der Waals surface area (Å²) in [5.41, 5.74) is 0.0729. The van der Waals surface area contributed by atoms with Crippen LogP contribution in [0.25, 0.3) is 0 Å². The summed E-state index contributed by atoms with van der Waals surface area (Å²) < 4.78 is 18.6. The van der Waals surface area contributed by atoms with E-state index in [9.17, 15) is 9.18 Å². The molecule has 0 saturated carbocycles. The van der Waals surface area contributed by atoms with Crippen molar-refractivity contribution in [3.63, 3.8) is 0 Å². The van der Waals surface area contributed by atoms with Gasteiger partial charge in [-0.15, -0.1) is 0 Å². The molecule has 0 radical (unpaired) electrons. The number of rotatable bonds is 2. The van der Waals surface area contributed by atoms with Crippen molar-refractivity contribution in [2.45, 2.75) is 19.4 Å². The Morgan fingerprint density at radius 2 is 2.47 bits per heavy atom. The minimum Gasteiger partial charge on any atom is -0.370 e. The molecule has 1 aromatic heterocycles. The maximum Gasteiger partial charge on any atom is 0.194 e. The summed E-state index contributed by atoms with van der Waals surface area (Å²) in [7, 11) is 0. The molecule has 3 nitrogen and oxygen atoms in total. The molecular weight excluding hydrogens is 197 g/mol. The molecule has 1 saturated heterocycles. The second-order valence-electron chi connectivity index (χ2n) is 3.78. The minimum absolute atomic E-state index is 0.0729. The van der Waals surface area contributed by atoms with E-state index in [2.05, 4.69) is 4.98 Å². The standard InChI is InChI=1S/C11H12FNO2/c1-7-3-5-15-11(7)10(14)8-2-4-13-6-9(8)12/h2,4,6-7,11H,3,5H2,1H3. The molecule has 2 unspecified atom stereocenters. The number of hydrogen-bond acceptors (Lipinski definition) is 3. The van der Waals surface area contributed by atoms with Gasteiger partial charge in [0.25, 0.3) is 0 Å². The summed E-state index contributed by atoms with van der Waals surface area (Å²) in [6.45, 7) is 2.51. The van der Waals surface area contributed by atoms with Gasteiger partial charge in [0, 0.05) is 12.8 Å². The Morgan fingerprint density at radius 1 is 1.67 bits per heavy atom. The van der Waals surface area contributed by atoms with Gasteiger partial charge in [-0.25, -0.2) is 4.39 Å². The zero-order valence-electron chi connectivity index (χ0n) is 8.44. The maximum absolute atomic E-state index is 13.3. The molecule has 80 valence electrons. The summed E-state index contributed by atoms with van der Waals surface area (Å²) in [6.07, 6.45) is 2.81. The van der Waals surface area contributed by atoms with Crippen LogP contribution in [0.4, 0.5) is 4.39 Å². The summed E-state index contributed by atoms with van der Waals surface area (Å²) >= 11 is 0. The van der Waals surface area contributed by atoms with Crippen LogP contribution < -0.4 is 0 Å². The van der Waals surface area contributed by atoms with E-state index < -0.39 is 11.9 Å². The van der Waals surface area contributed by atoms with Gasteiger partial charge in [-0.2, -0.15) is 0 Å². The maximum atomic E-state index is 13.3. The molecule has 1 aliphatic rings. The molecule has 1 aromatic rings. The van der Waals surface area contributed by atoms with E-state index in [0.29, 0.717) is 6.61 Å². The van der Waals surface area contributed by atoms with Crippen LogP contribution in [0.3, 0.4) is 0 Å². The van der Waals surface area contributed by atoms with E-state index in [4.69, 9.17) is 4.74 Å². The molecule has 15 heavy (non-hydrogen) atoms. The Hall–Kier alpha value is -1.29. The Kier molecular flexibility index (Phi) is 2.77. The first-order chi connectivity index (χ1) is 7.20. The molecule has 0 spiro atoms. The van der Waals surface area contributed by atoms with Crippen molar-refractivity contribution in [1.29, 1.82) is 0 Å². The number of halogens is 1. The molecule has 2 rings (SSSR count). The van der Waals surface area contributed by atoms with Gasteiger partial charge in [0.05, 0.1) is 11.8 Å². The van der Waals surface area contributed by atoms with E-state index >= 15 is 0 Å². The van der Waals surface area contributed by atoms with Crippen molar-refractivity contribution in [2.75, 3.05) is 6.61 Å². The fraction of sp³-hybridized carbons (Fsp3) is 0.455. The average Bonchev–Trinajstić information content (AvgIpc) is 2.64. The largest absolute Gasteiger partial charge is 0.370 e. The van der Waals surface area contributed by atoms with Crippen molar-refractivity contribution >= 4 is 5.78 Å². The number of pyridine rings is 1. The first-order valence-electron chi connectivity index (χ1n) is 4.95. The number of nitrogens with zero attached hydrogens (tertiary/aromatic N) is 1. The quantitative estimate of drug-likeness (QED) is 0.697. The number of aromatic nitrogens is 1. The van der Waals surface area contributed by atoms with Gasteiger partial charge in [-0.1, -0.05) is 6.92 Å². The third-order valence-corrected chi connectivity index (χ3v) is 2.68. The third kappa shape index (κ3) is 1.90. The first kappa shape index (κ1) is 10.2. The fourth-order valence-corrected chi connectivity index (χ4v) is 1.76. The summed E-state index contributed by atoms with van der Waals surface area (Å²) in [6, 6.07) is 1.39. The van der Waals surface area contributed by atoms with Crippen molar-refractivity contribution in [3.05, 3.63) is 29.8 Å². The van der Waals surface area contributed by atoms with Gasteiger partial charge < -0.3 is 4.74 Å². The zero-order valence-corrected chi connectivity index (χ0v) is 8.44. The van der Waals surface area contributed by atoms with Crippen LogP contribution in [0.1, 0.15) is 23.7 Å². The average molecular weight is 209 g/mol. The molecule has 0 bridgehead atoms. The molecule has 2 heterocycles.